The molecule has 0 aliphatic carbocycles. The molecule has 2 heterocycles. The molecule has 37 heavy (non-hydrogen) atoms. The van der Waals surface area contributed by atoms with Crippen molar-refractivity contribution < 1.29 is 18.7 Å². The lowest BCUT2D eigenvalue weighted by Gasteiger charge is -2.30. The molecule has 2 amide bonds. The number of aromatic nitrogens is 1. The van der Waals surface area contributed by atoms with Crippen molar-refractivity contribution in [2.24, 2.45) is 22.7 Å². The van der Waals surface area contributed by atoms with Crippen LogP contribution in [0.5, 0.6) is 5.75 Å². The quantitative estimate of drug-likeness (QED) is 0.172. The zero-order valence-electron chi connectivity index (χ0n) is 22.3. The Morgan fingerprint density at radius 3 is 2.65 bits per heavy atom. The first-order chi connectivity index (χ1) is 17.5. The number of carbonyl (C=O) groups is 2. The summed E-state index contributed by atoms with van der Waals surface area (Å²) in [6.07, 6.45) is 3.62. The predicted octanol–water partition coefficient (Wildman–Crippen LogP) is 2.42. The van der Waals surface area contributed by atoms with E-state index in [1.54, 1.807) is 35.4 Å². The fourth-order valence-corrected chi connectivity index (χ4v) is 4.31. The van der Waals surface area contributed by atoms with Crippen LogP contribution in [0.1, 0.15) is 75.9 Å². The number of likely N-dealkylation sites (tertiary alicyclic amines) is 1. The Balaban J connectivity index is 1.75. The van der Waals surface area contributed by atoms with E-state index in [-0.39, 0.29) is 29.9 Å². The van der Waals surface area contributed by atoms with Crippen LogP contribution in [0.4, 0.5) is 0 Å². The molecule has 0 bridgehead atoms. The van der Waals surface area contributed by atoms with Gasteiger partial charge in [0.1, 0.15) is 17.6 Å². The molecule has 11 heteroatoms. The number of nitrogens with one attached hydrogen (secondary N) is 2. The molecule has 1 aromatic heterocycles. The third-order valence-corrected chi connectivity index (χ3v) is 6.22. The highest BCUT2D eigenvalue weighted by Gasteiger charge is 2.37. The topological polar surface area (TPSA) is 161 Å². The third-order valence-electron chi connectivity index (χ3n) is 6.22. The molecule has 1 aliphatic heterocycles. The molecule has 0 spiro atoms. The summed E-state index contributed by atoms with van der Waals surface area (Å²) in [5.74, 6) is 12.4. The van der Waals surface area contributed by atoms with Crippen LogP contribution < -0.4 is 27.2 Å². The molecule has 2 atom stereocenters. The Hall–Kier alpha value is -3.60. The van der Waals surface area contributed by atoms with Gasteiger partial charge in [0.25, 0.3) is 5.91 Å². The van der Waals surface area contributed by atoms with Gasteiger partial charge in [0.15, 0.2) is 12.4 Å². The lowest BCUT2D eigenvalue weighted by Crippen LogP contribution is -2.54. The highest BCUT2D eigenvalue weighted by molar-refractivity contribution is 6.00. The smallest absolute Gasteiger partial charge is 0.255 e. The van der Waals surface area contributed by atoms with Crippen LogP contribution in [0.15, 0.2) is 40.0 Å². The minimum absolute atomic E-state index is 0.0669. The van der Waals surface area contributed by atoms with Gasteiger partial charge < -0.3 is 30.6 Å². The molecule has 1 fully saturated rings. The Kier molecular flexibility index (Phi) is 9.14. The number of para-hydroxylation sites is 1. The molecular weight excluding hydrogens is 474 g/mol. The van der Waals surface area contributed by atoms with E-state index in [1.807, 2.05) is 34.6 Å². The number of nitrogens with two attached hydrogens (primary N) is 2. The first-order valence-electron chi connectivity index (χ1n) is 12.6. The van der Waals surface area contributed by atoms with Crippen molar-refractivity contribution in [1.82, 2.24) is 20.6 Å². The number of ether oxygens (including phenoxy) is 1. The lowest BCUT2D eigenvalue weighted by atomic mass is 9.94. The van der Waals surface area contributed by atoms with Crippen molar-refractivity contribution in [1.29, 1.82) is 0 Å². The van der Waals surface area contributed by atoms with Gasteiger partial charge in [-0.2, -0.15) is 5.10 Å². The number of hydrazone groups is 1. The largest absolute Gasteiger partial charge is 0.483 e. The summed E-state index contributed by atoms with van der Waals surface area (Å²) in [5, 5.41) is 6.62. The second-order valence-electron chi connectivity index (χ2n) is 10.7. The van der Waals surface area contributed by atoms with Crippen molar-refractivity contribution in [3.63, 3.8) is 0 Å². The van der Waals surface area contributed by atoms with E-state index < -0.39 is 11.9 Å². The van der Waals surface area contributed by atoms with Crippen LogP contribution in [-0.4, -0.2) is 46.2 Å². The summed E-state index contributed by atoms with van der Waals surface area (Å²) >= 11 is 0. The molecule has 11 nitrogen and oxygen atoms in total. The van der Waals surface area contributed by atoms with Crippen molar-refractivity contribution in [3.8, 4) is 5.75 Å². The van der Waals surface area contributed by atoms with Gasteiger partial charge in [-0.3, -0.25) is 9.59 Å². The Bertz CT molecular complexity index is 1110. The minimum atomic E-state index is -0.737. The normalized spacial score (nSPS) is 17.1. The molecule has 1 aliphatic rings. The van der Waals surface area contributed by atoms with Crippen molar-refractivity contribution in [3.05, 3.63) is 47.7 Å². The number of rotatable bonds is 9. The summed E-state index contributed by atoms with van der Waals surface area (Å²) in [6.45, 7) is 10.7. The van der Waals surface area contributed by atoms with Gasteiger partial charge in [-0.1, -0.05) is 46.8 Å². The van der Waals surface area contributed by atoms with Crippen LogP contribution in [-0.2, 0) is 16.8 Å². The van der Waals surface area contributed by atoms with E-state index in [0.717, 1.165) is 12.2 Å². The number of oxazole rings is 1. The summed E-state index contributed by atoms with van der Waals surface area (Å²) in [7, 11) is 0. The molecule has 1 aromatic carbocycles. The second kappa shape index (κ2) is 12.1. The van der Waals surface area contributed by atoms with Crippen molar-refractivity contribution >= 4 is 17.6 Å². The van der Waals surface area contributed by atoms with E-state index in [2.05, 4.69) is 20.8 Å². The monoisotopic (exact) mass is 513 g/mol. The van der Waals surface area contributed by atoms with E-state index in [0.29, 0.717) is 42.4 Å². The van der Waals surface area contributed by atoms with Crippen molar-refractivity contribution in [2.75, 3.05) is 6.54 Å². The third kappa shape index (κ3) is 7.00. The van der Waals surface area contributed by atoms with Gasteiger partial charge in [0.2, 0.25) is 11.8 Å². The average molecular weight is 514 g/mol. The standard InChI is InChI=1S/C26H39N7O4/c1-16(2)13-18(25(35)33-12-8-10-19(33)23(31-27)32-28)30-24(34)17-9-6-7-11-20(17)36-15-22-29-14-21(37-22)26(3,4)5/h6-7,9,11,14,16,18-19H,8,10,12-13,15,27-28H2,1-5H3,(H,30,34)(H,31,32). The number of hydrogen-bond acceptors (Lipinski definition) is 8. The molecule has 1 saturated heterocycles. The average Bonchev–Trinajstić information content (AvgIpc) is 3.53. The zero-order valence-corrected chi connectivity index (χ0v) is 22.3. The fourth-order valence-electron chi connectivity index (χ4n) is 4.31. The van der Waals surface area contributed by atoms with E-state index in [4.69, 9.17) is 20.8 Å². The highest BCUT2D eigenvalue weighted by atomic mass is 16.5. The maximum Gasteiger partial charge on any atom is 0.255 e. The Morgan fingerprint density at radius 1 is 1.30 bits per heavy atom. The number of carbonyl (C=O) groups excluding carboxylic acids is 2. The predicted molar refractivity (Wildman–Crippen MR) is 140 cm³/mol. The van der Waals surface area contributed by atoms with Gasteiger partial charge >= 0.3 is 0 Å². The molecule has 6 N–H and O–H groups in total. The van der Waals surface area contributed by atoms with Gasteiger partial charge in [0, 0.05) is 12.0 Å². The number of hydrazine groups is 1. The minimum Gasteiger partial charge on any atom is -0.483 e. The zero-order chi connectivity index (χ0) is 27.2. The Labute approximate surface area is 218 Å². The van der Waals surface area contributed by atoms with Crippen LogP contribution >= 0.6 is 0 Å². The number of amidine groups is 1. The van der Waals surface area contributed by atoms with Crippen molar-refractivity contribution in [2.45, 2.75) is 78.0 Å². The molecular formula is C26H39N7O4. The summed E-state index contributed by atoms with van der Waals surface area (Å²) in [4.78, 5) is 32.9. The highest BCUT2D eigenvalue weighted by Crippen LogP contribution is 2.25. The maximum absolute atomic E-state index is 13.6. The van der Waals surface area contributed by atoms with Crippen LogP contribution in [0.3, 0.4) is 0 Å². The van der Waals surface area contributed by atoms with Gasteiger partial charge in [0.05, 0.1) is 17.8 Å². The summed E-state index contributed by atoms with van der Waals surface area (Å²) < 4.78 is 11.7. The summed E-state index contributed by atoms with van der Waals surface area (Å²) in [6, 6.07) is 5.80. The van der Waals surface area contributed by atoms with Gasteiger partial charge in [-0.15, -0.1) is 0 Å². The molecule has 2 aromatic rings. The van der Waals surface area contributed by atoms with Crippen LogP contribution in [0.25, 0.3) is 0 Å². The maximum atomic E-state index is 13.6. The summed E-state index contributed by atoms with van der Waals surface area (Å²) in [5.41, 5.74) is 2.63. The first kappa shape index (κ1) is 28.0. The number of benzene rings is 1. The molecule has 2 unspecified atom stereocenters. The Morgan fingerprint density at radius 2 is 2.03 bits per heavy atom. The molecule has 202 valence electrons. The van der Waals surface area contributed by atoms with Crippen LogP contribution in [0.2, 0.25) is 0 Å². The lowest BCUT2D eigenvalue weighted by molar-refractivity contribution is -0.133. The first-order valence-corrected chi connectivity index (χ1v) is 12.6. The number of amides is 2. The molecule has 0 saturated carbocycles. The fraction of sp³-hybridized carbons (Fsp3) is 0.538. The SMILES string of the molecule is CC(C)CC(NC(=O)c1ccccc1OCc1ncc(C(C)(C)C)o1)C(=O)N1CCCC1/C(=N/N)NN. The van der Waals surface area contributed by atoms with Crippen LogP contribution in [0, 0.1) is 5.92 Å². The van der Waals surface area contributed by atoms with Gasteiger partial charge in [-0.25, -0.2) is 10.8 Å². The number of nitrogens with zero attached hydrogens (tertiary/aromatic N) is 3. The second-order valence-corrected chi connectivity index (χ2v) is 10.7. The van der Waals surface area contributed by atoms with E-state index in [9.17, 15) is 9.59 Å². The molecule has 3 rings (SSSR count). The number of hydrogen-bond donors (Lipinski definition) is 4. The van der Waals surface area contributed by atoms with E-state index >= 15 is 0 Å². The van der Waals surface area contributed by atoms with E-state index in [1.165, 1.54) is 0 Å². The molecule has 0 radical (unpaired) electrons. The van der Waals surface area contributed by atoms with Gasteiger partial charge in [-0.05, 0) is 37.3 Å².